The van der Waals surface area contributed by atoms with E-state index in [1.54, 1.807) is 43.5 Å². The maximum atomic E-state index is 13.7. The van der Waals surface area contributed by atoms with Gasteiger partial charge in [-0.25, -0.2) is 9.97 Å². The number of anilines is 1. The summed E-state index contributed by atoms with van der Waals surface area (Å²) in [7, 11) is 3.35. The van der Waals surface area contributed by atoms with Gasteiger partial charge in [0.05, 0.1) is 52.4 Å². The van der Waals surface area contributed by atoms with Crippen LogP contribution < -0.4 is 15.4 Å². The number of ether oxygens (including phenoxy) is 1. The molecule has 0 aliphatic carbocycles. The van der Waals surface area contributed by atoms with Gasteiger partial charge >= 0.3 is 5.97 Å². The number of aliphatic carboxylic acids is 1. The lowest BCUT2D eigenvalue weighted by atomic mass is 10.00. The number of piperidine rings is 1. The summed E-state index contributed by atoms with van der Waals surface area (Å²) in [6.45, 7) is 5.02. The molecule has 1 atom stereocenters. The quantitative estimate of drug-likeness (QED) is 0.161. The standard InChI is InChI=1S/C37H42Cl2N8O6/c1-21(48)46-14-10-23(11-15-46)47-16-12-30-29(20-47)42-35(45(30)2)36(52)43-28-6-4-5-26(32(28)38)34-33(39)25(9-13-41-34)27-8-7-22(37(44-27)53-3)18-40-19-24(49)17-31(50)51/h4-9,13,23-24,40,49H,10-12,14-20H2,1-3H3,(H,43,52)(H,50,51)/t24-/m0/s1. The van der Waals surface area contributed by atoms with Gasteiger partial charge in [-0.1, -0.05) is 41.4 Å². The molecule has 2 amide bonds. The highest BCUT2D eigenvalue weighted by Gasteiger charge is 2.31. The number of amides is 2. The van der Waals surface area contributed by atoms with Crippen molar-refractivity contribution in [1.29, 1.82) is 0 Å². The van der Waals surface area contributed by atoms with Crippen LogP contribution in [0.15, 0.2) is 42.6 Å². The first-order valence-corrected chi connectivity index (χ1v) is 18.1. The van der Waals surface area contributed by atoms with E-state index in [4.69, 9.17) is 38.0 Å². The first-order chi connectivity index (χ1) is 25.4. The summed E-state index contributed by atoms with van der Waals surface area (Å²) in [5.41, 5.74) is 4.99. The summed E-state index contributed by atoms with van der Waals surface area (Å²) in [5, 5.41) is 25.2. The fraction of sp³-hybridized carbons (Fsp3) is 0.405. The summed E-state index contributed by atoms with van der Waals surface area (Å²) in [5.74, 6) is -0.732. The van der Waals surface area contributed by atoms with Crippen LogP contribution in [0, 0.1) is 0 Å². The van der Waals surface area contributed by atoms with Crippen molar-refractivity contribution >= 4 is 46.7 Å². The zero-order chi connectivity index (χ0) is 37.8. The minimum absolute atomic E-state index is 0.0871. The molecule has 53 heavy (non-hydrogen) atoms. The van der Waals surface area contributed by atoms with Gasteiger partial charge in [0, 0.05) is 94.3 Å². The fourth-order valence-corrected chi connectivity index (χ4v) is 7.58. The van der Waals surface area contributed by atoms with E-state index in [-0.39, 0.29) is 29.7 Å². The van der Waals surface area contributed by atoms with Crippen molar-refractivity contribution in [2.75, 3.05) is 38.6 Å². The van der Waals surface area contributed by atoms with Gasteiger partial charge in [-0.05, 0) is 31.0 Å². The van der Waals surface area contributed by atoms with E-state index in [0.29, 0.717) is 63.8 Å². The average Bonchev–Trinajstić information content (AvgIpc) is 3.48. The fourth-order valence-electron chi connectivity index (χ4n) is 7.01. The van der Waals surface area contributed by atoms with Gasteiger partial charge in [-0.3, -0.25) is 24.3 Å². The zero-order valence-corrected chi connectivity index (χ0v) is 31.2. The predicted molar refractivity (Wildman–Crippen MR) is 200 cm³/mol. The number of methoxy groups -OCH3 is 1. The molecule has 3 aromatic heterocycles. The number of rotatable bonds is 12. The topological polar surface area (TPSA) is 175 Å². The lowest BCUT2D eigenvalue weighted by molar-refractivity contribution is -0.139. The van der Waals surface area contributed by atoms with E-state index < -0.39 is 18.0 Å². The van der Waals surface area contributed by atoms with Gasteiger partial charge in [0.25, 0.3) is 5.91 Å². The van der Waals surface area contributed by atoms with Crippen molar-refractivity contribution in [2.45, 2.75) is 57.8 Å². The van der Waals surface area contributed by atoms with Crippen molar-refractivity contribution < 1.29 is 29.3 Å². The number of carboxylic acid groups (broad SMARTS) is 1. The lowest BCUT2D eigenvalue weighted by Gasteiger charge is -2.39. The first-order valence-electron chi connectivity index (χ1n) is 17.4. The highest BCUT2D eigenvalue weighted by molar-refractivity contribution is 6.39. The highest BCUT2D eigenvalue weighted by Crippen LogP contribution is 2.40. The number of halogens is 2. The number of nitrogens with one attached hydrogen (secondary N) is 2. The minimum atomic E-state index is -1.08. The van der Waals surface area contributed by atoms with Gasteiger partial charge in [-0.15, -0.1) is 0 Å². The molecule has 1 fully saturated rings. The third-order valence-corrected chi connectivity index (χ3v) is 10.6. The van der Waals surface area contributed by atoms with Crippen LogP contribution in [0.3, 0.4) is 0 Å². The molecule has 1 aromatic carbocycles. The number of fused-ring (bicyclic) bond motifs is 1. The second kappa shape index (κ2) is 16.6. The van der Waals surface area contributed by atoms with E-state index in [0.717, 1.165) is 50.3 Å². The second-order valence-corrected chi connectivity index (χ2v) is 14.0. The number of carboxylic acids is 1. The number of aliphatic hydroxyl groups is 1. The lowest BCUT2D eigenvalue weighted by Crippen LogP contribution is -2.47. The number of nitrogens with zero attached hydrogens (tertiary/aromatic N) is 6. The third kappa shape index (κ3) is 8.47. The summed E-state index contributed by atoms with van der Waals surface area (Å²) >= 11 is 13.9. The number of benzene rings is 1. The molecule has 16 heteroatoms. The molecule has 280 valence electrons. The Bertz CT molecular complexity index is 2020. The van der Waals surface area contributed by atoms with E-state index in [9.17, 15) is 19.5 Å². The molecular formula is C37H42Cl2N8O6. The van der Waals surface area contributed by atoms with Crippen molar-refractivity contribution in [2.24, 2.45) is 7.05 Å². The normalized spacial score (nSPS) is 15.5. The molecule has 1 saturated heterocycles. The Labute approximate surface area is 317 Å². The van der Waals surface area contributed by atoms with Gasteiger partial charge in [0.15, 0.2) is 5.82 Å². The van der Waals surface area contributed by atoms with Crippen molar-refractivity contribution in [1.82, 2.24) is 34.6 Å². The molecule has 4 N–H and O–H groups in total. The van der Waals surface area contributed by atoms with E-state index >= 15 is 0 Å². The molecule has 0 saturated carbocycles. The van der Waals surface area contributed by atoms with Gasteiger partial charge < -0.3 is 35.1 Å². The number of hydrogen-bond acceptors (Lipinski definition) is 10. The second-order valence-electron chi connectivity index (χ2n) is 13.2. The first kappa shape index (κ1) is 38.1. The Morgan fingerprint density at radius 1 is 1.04 bits per heavy atom. The number of carbonyl (C=O) groups excluding carboxylic acids is 2. The van der Waals surface area contributed by atoms with E-state index in [1.165, 1.54) is 7.11 Å². The molecular weight excluding hydrogens is 723 g/mol. The summed E-state index contributed by atoms with van der Waals surface area (Å²) in [6, 6.07) is 10.9. The Kier molecular flexibility index (Phi) is 11.9. The van der Waals surface area contributed by atoms with Crippen LogP contribution in [0.5, 0.6) is 5.88 Å². The number of imidazole rings is 1. The SMILES string of the molecule is COc1nc(-c2ccnc(-c3cccc(NC(=O)c4nc5c(n4C)CCN(C4CCN(C(C)=O)CC4)C5)c3Cl)c2Cl)ccc1CNC[C@@H](O)CC(=O)O. The number of likely N-dealkylation sites (tertiary alicyclic amines) is 1. The van der Waals surface area contributed by atoms with Crippen LogP contribution in [0.1, 0.15) is 53.8 Å². The summed E-state index contributed by atoms with van der Waals surface area (Å²) in [6.07, 6.45) is 2.83. The monoisotopic (exact) mass is 764 g/mol. The van der Waals surface area contributed by atoms with Crippen LogP contribution in [-0.4, -0.2) is 103 Å². The van der Waals surface area contributed by atoms with Crippen molar-refractivity contribution in [3.8, 4) is 28.4 Å². The van der Waals surface area contributed by atoms with Crippen LogP contribution in [-0.2, 0) is 36.1 Å². The van der Waals surface area contributed by atoms with Crippen LogP contribution in [0.4, 0.5) is 5.69 Å². The molecule has 2 aliphatic heterocycles. The molecule has 0 bridgehead atoms. The van der Waals surface area contributed by atoms with Gasteiger partial charge in [0.1, 0.15) is 0 Å². The Balaban J connectivity index is 1.16. The predicted octanol–water partition coefficient (Wildman–Crippen LogP) is 4.41. The van der Waals surface area contributed by atoms with Gasteiger partial charge in [-0.2, -0.15) is 0 Å². The number of aliphatic hydroxyl groups excluding tert-OH is 1. The van der Waals surface area contributed by atoms with Crippen molar-refractivity contribution in [3.63, 3.8) is 0 Å². The number of aromatic nitrogens is 4. The maximum Gasteiger partial charge on any atom is 0.306 e. The Hall–Kier alpha value is -4.60. The molecule has 14 nitrogen and oxygen atoms in total. The van der Waals surface area contributed by atoms with E-state index in [2.05, 4.69) is 25.5 Å². The van der Waals surface area contributed by atoms with Gasteiger partial charge in [0.2, 0.25) is 11.8 Å². The molecule has 0 unspecified atom stereocenters. The van der Waals surface area contributed by atoms with Crippen LogP contribution >= 0.6 is 23.2 Å². The summed E-state index contributed by atoms with van der Waals surface area (Å²) in [4.78, 5) is 54.5. The molecule has 5 heterocycles. The highest BCUT2D eigenvalue weighted by atomic mass is 35.5. The van der Waals surface area contributed by atoms with Crippen LogP contribution in [0.25, 0.3) is 22.5 Å². The van der Waals surface area contributed by atoms with Crippen LogP contribution in [0.2, 0.25) is 10.0 Å². The smallest absolute Gasteiger partial charge is 0.306 e. The molecule has 2 aliphatic rings. The Morgan fingerprint density at radius 2 is 1.81 bits per heavy atom. The Morgan fingerprint density at radius 3 is 2.53 bits per heavy atom. The molecule has 4 aromatic rings. The summed E-state index contributed by atoms with van der Waals surface area (Å²) < 4.78 is 7.38. The molecule has 6 rings (SSSR count). The molecule has 0 spiro atoms. The maximum absolute atomic E-state index is 13.7. The number of hydrogen-bond donors (Lipinski definition) is 4. The zero-order valence-electron chi connectivity index (χ0n) is 29.7. The third-order valence-electron chi connectivity index (χ3n) is 9.82. The van der Waals surface area contributed by atoms with E-state index in [1.807, 2.05) is 22.6 Å². The number of pyridine rings is 2. The minimum Gasteiger partial charge on any atom is -0.481 e. The molecule has 0 radical (unpaired) electrons. The van der Waals surface area contributed by atoms with Crippen molar-refractivity contribution in [3.05, 3.63) is 75.4 Å². The largest absolute Gasteiger partial charge is 0.481 e. The average molecular weight is 766 g/mol. The number of carbonyl (C=O) groups is 3.